The van der Waals surface area contributed by atoms with E-state index >= 15 is 0 Å². The minimum atomic E-state index is -0.359. The Labute approximate surface area is 168 Å². The number of rotatable bonds is 4. The first-order valence-electron chi connectivity index (χ1n) is 9.63. The number of benzene rings is 1. The van der Waals surface area contributed by atoms with Gasteiger partial charge in [-0.1, -0.05) is 36.9 Å². The molecule has 5 nitrogen and oxygen atoms in total. The molecule has 2 aromatic rings. The molecule has 1 aliphatic carbocycles. The summed E-state index contributed by atoms with van der Waals surface area (Å²) in [4.78, 5) is 23.3. The third-order valence-electron chi connectivity index (χ3n) is 5.28. The van der Waals surface area contributed by atoms with E-state index in [1.54, 1.807) is 11.1 Å². The summed E-state index contributed by atoms with van der Waals surface area (Å²) in [7, 11) is 0. The molecule has 0 bridgehead atoms. The predicted molar refractivity (Wildman–Crippen MR) is 108 cm³/mol. The van der Waals surface area contributed by atoms with Gasteiger partial charge in [0.2, 0.25) is 5.95 Å². The van der Waals surface area contributed by atoms with Crippen molar-refractivity contribution in [3.63, 3.8) is 0 Å². The number of anilines is 1. The third kappa shape index (κ3) is 4.17. The molecule has 1 aromatic carbocycles. The molecule has 28 heavy (non-hydrogen) atoms. The van der Waals surface area contributed by atoms with Crippen molar-refractivity contribution in [1.29, 1.82) is 0 Å². The molecule has 1 saturated carbocycles. The Bertz CT molecular complexity index is 894. The highest BCUT2D eigenvalue weighted by atomic mass is 35.5. The zero-order valence-electron chi connectivity index (χ0n) is 15.5. The average molecular weight is 401 g/mol. The normalized spacial score (nSPS) is 17.5. The van der Waals surface area contributed by atoms with E-state index in [-0.39, 0.29) is 11.7 Å². The number of aromatic nitrogens is 2. The number of nitrogens with zero attached hydrogens (tertiary/aromatic N) is 3. The molecule has 1 amide bonds. The molecular weight excluding hydrogens is 379 g/mol. The maximum absolute atomic E-state index is 13.1. The van der Waals surface area contributed by atoms with Gasteiger partial charge in [0.05, 0.1) is 16.9 Å². The first-order chi connectivity index (χ1) is 13.6. The standard InChI is InChI=1S/C21H22ClFN4O/c22-18-12-24-21(25-17-4-2-1-3-5-17)26-19(18)15-10-11-27(13-15)20(28)14-6-8-16(23)9-7-14/h6-10,12,17H,1-5,11,13H2,(H,24,25,26). The van der Waals surface area contributed by atoms with Crippen LogP contribution in [0.25, 0.3) is 5.57 Å². The van der Waals surface area contributed by atoms with Crippen LogP contribution in [-0.2, 0) is 0 Å². The van der Waals surface area contributed by atoms with Gasteiger partial charge in [0, 0.05) is 24.7 Å². The molecule has 0 radical (unpaired) electrons. The Kier molecular flexibility index (Phi) is 5.57. The van der Waals surface area contributed by atoms with Crippen LogP contribution in [0.4, 0.5) is 10.3 Å². The quantitative estimate of drug-likeness (QED) is 0.817. The Hall–Kier alpha value is -2.47. The van der Waals surface area contributed by atoms with Gasteiger partial charge in [-0.15, -0.1) is 0 Å². The van der Waals surface area contributed by atoms with E-state index < -0.39 is 0 Å². The number of amides is 1. The van der Waals surface area contributed by atoms with Gasteiger partial charge in [0.25, 0.3) is 5.91 Å². The van der Waals surface area contributed by atoms with Crippen LogP contribution >= 0.6 is 11.6 Å². The smallest absolute Gasteiger partial charge is 0.254 e. The lowest BCUT2D eigenvalue weighted by molar-refractivity contribution is 0.0801. The molecule has 1 aromatic heterocycles. The van der Waals surface area contributed by atoms with Crippen LogP contribution in [0.15, 0.2) is 36.5 Å². The highest BCUT2D eigenvalue weighted by Crippen LogP contribution is 2.28. The van der Waals surface area contributed by atoms with E-state index in [9.17, 15) is 9.18 Å². The number of hydrogen-bond acceptors (Lipinski definition) is 4. The van der Waals surface area contributed by atoms with E-state index in [2.05, 4.69) is 15.3 Å². The van der Waals surface area contributed by atoms with Crippen molar-refractivity contribution >= 4 is 29.0 Å². The summed E-state index contributed by atoms with van der Waals surface area (Å²) in [5.41, 5.74) is 2.02. The van der Waals surface area contributed by atoms with Gasteiger partial charge in [-0.2, -0.15) is 0 Å². The molecule has 2 aliphatic rings. The fourth-order valence-electron chi connectivity index (χ4n) is 3.75. The van der Waals surface area contributed by atoms with Crippen molar-refractivity contribution in [3.05, 3.63) is 58.6 Å². The number of hydrogen-bond donors (Lipinski definition) is 1. The van der Waals surface area contributed by atoms with Crippen molar-refractivity contribution in [3.8, 4) is 0 Å². The van der Waals surface area contributed by atoms with E-state index in [1.807, 2.05) is 6.08 Å². The van der Waals surface area contributed by atoms with Gasteiger partial charge in [-0.3, -0.25) is 4.79 Å². The molecular formula is C21H22ClFN4O. The lowest BCUT2D eigenvalue weighted by atomic mass is 9.96. The highest BCUT2D eigenvalue weighted by molar-refractivity contribution is 6.32. The van der Waals surface area contributed by atoms with Crippen LogP contribution in [0.2, 0.25) is 5.02 Å². The Balaban J connectivity index is 1.46. The van der Waals surface area contributed by atoms with E-state index in [0.717, 1.165) is 18.4 Å². The topological polar surface area (TPSA) is 58.1 Å². The number of carbonyl (C=O) groups excluding carboxylic acids is 1. The van der Waals surface area contributed by atoms with Crippen molar-refractivity contribution in [2.45, 2.75) is 38.1 Å². The Morgan fingerprint density at radius 3 is 2.68 bits per heavy atom. The number of nitrogens with one attached hydrogen (secondary N) is 1. The highest BCUT2D eigenvalue weighted by Gasteiger charge is 2.24. The molecule has 0 unspecified atom stereocenters. The van der Waals surface area contributed by atoms with Gasteiger partial charge in [-0.05, 0) is 42.7 Å². The van der Waals surface area contributed by atoms with Crippen LogP contribution in [0.5, 0.6) is 0 Å². The summed E-state index contributed by atoms with van der Waals surface area (Å²) in [5, 5.41) is 3.88. The van der Waals surface area contributed by atoms with E-state index in [1.165, 1.54) is 43.5 Å². The lowest BCUT2D eigenvalue weighted by Gasteiger charge is -2.23. The van der Waals surface area contributed by atoms with Gasteiger partial charge in [-0.25, -0.2) is 14.4 Å². The molecule has 0 saturated heterocycles. The van der Waals surface area contributed by atoms with Crippen LogP contribution in [0, 0.1) is 5.82 Å². The maximum Gasteiger partial charge on any atom is 0.254 e. The van der Waals surface area contributed by atoms with Crippen LogP contribution in [-0.4, -0.2) is 39.9 Å². The molecule has 146 valence electrons. The fraction of sp³-hybridized carbons (Fsp3) is 0.381. The van der Waals surface area contributed by atoms with Gasteiger partial charge < -0.3 is 10.2 Å². The molecule has 2 heterocycles. The minimum Gasteiger partial charge on any atom is -0.351 e. The summed E-state index contributed by atoms with van der Waals surface area (Å²) in [6.45, 7) is 0.882. The largest absolute Gasteiger partial charge is 0.351 e. The van der Waals surface area contributed by atoms with Crippen molar-refractivity contribution in [1.82, 2.24) is 14.9 Å². The summed E-state index contributed by atoms with van der Waals surface area (Å²) < 4.78 is 13.1. The van der Waals surface area contributed by atoms with Crippen molar-refractivity contribution < 1.29 is 9.18 Å². The Morgan fingerprint density at radius 1 is 1.18 bits per heavy atom. The van der Waals surface area contributed by atoms with Gasteiger partial charge in [0.15, 0.2) is 0 Å². The molecule has 0 atom stereocenters. The second kappa shape index (κ2) is 8.27. The third-order valence-corrected chi connectivity index (χ3v) is 5.56. The number of carbonyl (C=O) groups is 1. The maximum atomic E-state index is 13.1. The summed E-state index contributed by atoms with van der Waals surface area (Å²) in [6.07, 6.45) is 9.57. The molecule has 1 fully saturated rings. The summed E-state index contributed by atoms with van der Waals surface area (Å²) in [5.74, 6) is 0.0787. The van der Waals surface area contributed by atoms with Crippen LogP contribution in [0.1, 0.15) is 48.2 Å². The summed E-state index contributed by atoms with van der Waals surface area (Å²) in [6, 6.07) is 5.99. The van der Waals surface area contributed by atoms with E-state index in [0.29, 0.717) is 41.4 Å². The second-order valence-electron chi connectivity index (χ2n) is 7.29. The minimum absolute atomic E-state index is 0.142. The zero-order chi connectivity index (χ0) is 19.5. The Morgan fingerprint density at radius 2 is 1.93 bits per heavy atom. The summed E-state index contributed by atoms with van der Waals surface area (Å²) >= 11 is 6.34. The van der Waals surface area contributed by atoms with Crippen LogP contribution < -0.4 is 5.32 Å². The SMILES string of the molecule is O=C(c1ccc(F)cc1)N1CC=C(c2nc(NC3CCCCC3)ncc2Cl)C1. The molecule has 1 aliphatic heterocycles. The monoisotopic (exact) mass is 400 g/mol. The van der Waals surface area contributed by atoms with Crippen LogP contribution in [0.3, 0.4) is 0 Å². The molecule has 1 N–H and O–H groups in total. The lowest BCUT2D eigenvalue weighted by Crippen LogP contribution is -2.29. The van der Waals surface area contributed by atoms with Crippen molar-refractivity contribution in [2.75, 3.05) is 18.4 Å². The van der Waals surface area contributed by atoms with Crippen molar-refractivity contribution in [2.24, 2.45) is 0 Å². The molecule has 7 heteroatoms. The van der Waals surface area contributed by atoms with Gasteiger partial charge >= 0.3 is 0 Å². The molecule has 4 rings (SSSR count). The van der Waals surface area contributed by atoms with E-state index in [4.69, 9.17) is 11.6 Å². The first kappa shape index (κ1) is 18.9. The average Bonchev–Trinajstić information content (AvgIpc) is 3.20. The second-order valence-corrected chi connectivity index (χ2v) is 7.70. The first-order valence-corrected chi connectivity index (χ1v) is 10.0. The fourth-order valence-corrected chi connectivity index (χ4v) is 3.96. The number of halogens is 2. The zero-order valence-corrected chi connectivity index (χ0v) is 16.3. The molecule has 0 spiro atoms. The van der Waals surface area contributed by atoms with Gasteiger partial charge in [0.1, 0.15) is 5.82 Å². The predicted octanol–water partition coefficient (Wildman–Crippen LogP) is 4.55.